The molecule has 0 amide bonds. The third kappa shape index (κ3) is 36.4. The molecule has 3 aromatic carbocycles. The van der Waals surface area contributed by atoms with Crippen LogP contribution in [-0.4, -0.2) is 69.8 Å². The first-order chi connectivity index (χ1) is 36.9. The molecule has 0 aliphatic rings. The van der Waals surface area contributed by atoms with Gasteiger partial charge in [0.15, 0.2) is 0 Å². The van der Waals surface area contributed by atoms with Gasteiger partial charge in [-0.25, -0.2) is 44.9 Å². The molecule has 0 aliphatic heterocycles. The van der Waals surface area contributed by atoms with Gasteiger partial charge in [-0.1, -0.05) is 108 Å². The van der Waals surface area contributed by atoms with E-state index in [1.165, 1.54) is 58.7 Å². The van der Waals surface area contributed by atoms with Crippen LogP contribution in [0.2, 0.25) is 0 Å². The predicted octanol–water partition coefficient (Wildman–Crippen LogP) is 13.1. The van der Waals surface area contributed by atoms with E-state index in [9.17, 15) is 0 Å². The molecule has 11 aromatic rings. The Balaban J connectivity index is 0.000000291. The van der Waals surface area contributed by atoms with Crippen molar-refractivity contribution in [1.82, 2.24) is 69.8 Å². The van der Waals surface area contributed by atoms with Gasteiger partial charge in [0.2, 0.25) is 0 Å². The van der Waals surface area contributed by atoms with Crippen LogP contribution < -0.4 is 0 Å². The van der Waals surface area contributed by atoms with E-state index in [0.717, 1.165) is 34.3 Å². The van der Waals surface area contributed by atoms with Crippen LogP contribution in [0.3, 0.4) is 0 Å². The van der Waals surface area contributed by atoms with E-state index in [0.29, 0.717) is 0 Å². The van der Waals surface area contributed by atoms with Gasteiger partial charge in [0.05, 0.1) is 5.69 Å². The van der Waals surface area contributed by atoms with Crippen LogP contribution in [0.5, 0.6) is 0 Å². The van der Waals surface area contributed by atoms with Crippen molar-refractivity contribution in [3.8, 4) is 11.1 Å². The fraction of sp³-hybridized carbons (Fsp3) is 0.161. The number of aryl methyl sites for hydroxylation is 10. The van der Waals surface area contributed by atoms with Crippen LogP contribution in [0.15, 0.2) is 245 Å². The zero-order chi connectivity index (χ0) is 55.1. The van der Waals surface area contributed by atoms with E-state index in [2.05, 4.69) is 144 Å². The summed E-state index contributed by atoms with van der Waals surface area (Å²) in [5.74, 6) is 1.58. The highest BCUT2D eigenvalue weighted by Crippen LogP contribution is 2.18. The highest BCUT2D eigenvalue weighted by atomic mass is 15.0. The lowest BCUT2D eigenvalue weighted by molar-refractivity contribution is 0.974. The third-order valence-corrected chi connectivity index (χ3v) is 9.00. The van der Waals surface area contributed by atoms with Gasteiger partial charge in [0.1, 0.15) is 37.0 Å². The van der Waals surface area contributed by atoms with E-state index < -0.39 is 0 Å². The molecule has 76 heavy (non-hydrogen) atoms. The molecule has 0 radical (unpaired) electrons. The van der Waals surface area contributed by atoms with Gasteiger partial charge in [0.25, 0.3) is 0 Å². The summed E-state index contributed by atoms with van der Waals surface area (Å²) >= 11 is 0. The Morgan fingerprint density at radius 1 is 0.211 bits per heavy atom. The Kier molecular flexibility index (Phi) is 34.6. The Hall–Kier alpha value is -9.56. The maximum absolute atomic E-state index is 3.98. The molecular formula is C62H70N14. The second kappa shape index (κ2) is 42.0. The summed E-state index contributed by atoms with van der Waals surface area (Å²) in [7, 11) is 0. The van der Waals surface area contributed by atoms with Crippen molar-refractivity contribution in [1.29, 1.82) is 0 Å². The van der Waals surface area contributed by atoms with Gasteiger partial charge in [0, 0.05) is 91.9 Å². The maximum Gasteiger partial charge on any atom is 0.128 e. The quantitative estimate of drug-likeness (QED) is 0.151. The molecule has 0 aliphatic carbocycles. The number of pyridine rings is 3. The van der Waals surface area contributed by atoms with Crippen LogP contribution >= 0.6 is 0 Å². The van der Waals surface area contributed by atoms with Gasteiger partial charge < -0.3 is 0 Å². The van der Waals surface area contributed by atoms with Crippen molar-refractivity contribution in [2.24, 2.45) is 0 Å². The Bertz CT molecular complexity index is 2420. The predicted molar refractivity (Wildman–Crippen MR) is 306 cm³/mol. The second-order valence-corrected chi connectivity index (χ2v) is 16.0. The molecule has 0 unspecified atom stereocenters. The largest absolute Gasteiger partial charge is 0.265 e. The summed E-state index contributed by atoms with van der Waals surface area (Å²) < 4.78 is 0. The molecule has 0 bridgehead atoms. The molecule has 8 heterocycles. The van der Waals surface area contributed by atoms with Crippen LogP contribution in [-0.2, 0) is 0 Å². The Morgan fingerprint density at radius 2 is 0.697 bits per heavy atom. The number of aromatic nitrogens is 14. The first-order valence-corrected chi connectivity index (χ1v) is 24.1. The van der Waals surface area contributed by atoms with Gasteiger partial charge in [-0.2, -0.15) is 0 Å². The Morgan fingerprint density at radius 3 is 1.03 bits per heavy atom. The topological polar surface area (TPSA) is 180 Å². The first kappa shape index (κ1) is 62.6. The minimum atomic E-state index is 0.759. The summed E-state index contributed by atoms with van der Waals surface area (Å²) in [4.78, 5) is 53.5. The van der Waals surface area contributed by atoms with Crippen molar-refractivity contribution < 1.29 is 0 Å². The lowest BCUT2D eigenvalue weighted by atomic mass is 10.0. The van der Waals surface area contributed by atoms with E-state index in [-0.39, 0.29) is 0 Å². The molecule has 0 N–H and O–H groups in total. The highest BCUT2D eigenvalue weighted by molar-refractivity contribution is 5.63. The molecule has 14 nitrogen and oxygen atoms in total. The van der Waals surface area contributed by atoms with Crippen molar-refractivity contribution in [3.05, 3.63) is 302 Å². The molecule has 14 heteroatoms. The number of rotatable bonds is 1. The molecule has 11 rings (SSSR count). The molecule has 388 valence electrons. The second-order valence-electron chi connectivity index (χ2n) is 16.0. The molecule has 8 aromatic heterocycles. The summed E-state index contributed by atoms with van der Waals surface area (Å²) in [6.45, 7) is 19.7. The molecule has 0 saturated carbocycles. The lowest BCUT2D eigenvalue weighted by Crippen LogP contribution is -1.84. The average Bonchev–Trinajstić information content (AvgIpc) is 3.45. The first-order valence-electron chi connectivity index (χ1n) is 24.1. The minimum Gasteiger partial charge on any atom is -0.265 e. The zero-order valence-electron chi connectivity index (χ0n) is 45.4. The summed E-state index contributed by atoms with van der Waals surface area (Å²) in [6, 6.07) is 46.7. The number of hydrogen-bond acceptors (Lipinski definition) is 14. The maximum atomic E-state index is 3.98. The zero-order valence-corrected chi connectivity index (χ0v) is 45.4. The van der Waals surface area contributed by atoms with Crippen molar-refractivity contribution in [2.45, 2.75) is 69.2 Å². The third-order valence-electron chi connectivity index (χ3n) is 9.00. The van der Waals surface area contributed by atoms with Crippen molar-refractivity contribution in [3.63, 3.8) is 0 Å². The van der Waals surface area contributed by atoms with E-state index >= 15 is 0 Å². The highest BCUT2D eigenvalue weighted by Gasteiger charge is 1.94. The molecule has 0 saturated heterocycles. The van der Waals surface area contributed by atoms with Crippen LogP contribution in [0, 0.1) is 69.2 Å². The molecule has 0 atom stereocenters. The number of nitrogens with zero attached hydrogens (tertiary/aromatic N) is 14. The van der Waals surface area contributed by atoms with Crippen LogP contribution in [0.4, 0.5) is 0 Å². The van der Waals surface area contributed by atoms with Gasteiger partial charge in [-0.05, 0) is 140 Å². The van der Waals surface area contributed by atoms with Crippen LogP contribution in [0.1, 0.15) is 56.5 Å². The number of hydrogen-bond donors (Lipinski definition) is 0. The standard InChI is InChI=1S/C13H12.C7H8.3C6H7N.4C5H6N2.C4H5N3/c1-11-7-9-13(10-8-11)12-5-3-2-4-6-12;1-7-5-3-2-4-6-7;1-6-2-4-7-5-3-6;1-6-3-2-4-7-5-6;1-6-4-2-3-5-7-6;1-5-2-6-4-7-3-5;1-5-4-6-2-3-7-5;1-5-2-3-6-4-7-5;1-5-6-3-2-4-7-5;1-4-6-2-5-3-7-4/h2-10H,1H3;2-6H,1H3;3*2-5H,1H3;4*2-4H,1H3;2-3H,1H3. The average molecular weight is 1010 g/mol. The van der Waals surface area contributed by atoms with Crippen molar-refractivity contribution in [2.75, 3.05) is 0 Å². The normalized spacial score (nSPS) is 8.92. The molecular weight excluding hydrogens is 941 g/mol. The monoisotopic (exact) mass is 1010 g/mol. The number of benzene rings is 3. The summed E-state index contributed by atoms with van der Waals surface area (Å²) in [5.41, 5.74) is 11.8. The lowest BCUT2D eigenvalue weighted by Gasteiger charge is -2.00. The van der Waals surface area contributed by atoms with Gasteiger partial charge in [-0.15, -0.1) is 0 Å². The summed E-state index contributed by atoms with van der Waals surface area (Å²) in [5, 5.41) is 0. The Labute approximate surface area is 450 Å². The van der Waals surface area contributed by atoms with E-state index in [1.54, 1.807) is 80.4 Å². The van der Waals surface area contributed by atoms with E-state index in [4.69, 9.17) is 0 Å². The fourth-order valence-electron chi connectivity index (χ4n) is 5.01. The minimum absolute atomic E-state index is 0.759. The SMILES string of the molecule is Cc1ccc(-c2ccccc2)cc1.Cc1ccccc1.Cc1ccccn1.Cc1cccnc1.Cc1ccncc1.Cc1ccncn1.Cc1cnccn1.Cc1cncnc1.Cc1ncccn1.Cc1ncncn1. The van der Waals surface area contributed by atoms with Gasteiger partial charge in [-0.3, -0.25) is 24.9 Å². The molecule has 0 spiro atoms. The van der Waals surface area contributed by atoms with E-state index in [1.807, 2.05) is 134 Å². The van der Waals surface area contributed by atoms with Crippen LogP contribution in [0.25, 0.3) is 11.1 Å². The fourth-order valence-corrected chi connectivity index (χ4v) is 5.01. The smallest absolute Gasteiger partial charge is 0.128 e. The summed E-state index contributed by atoms with van der Waals surface area (Å²) in [6.07, 6.45) is 28.7. The van der Waals surface area contributed by atoms with Gasteiger partial charge >= 0.3 is 0 Å². The van der Waals surface area contributed by atoms with Crippen molar-refractivity contribution >= 4 is 0 Å². The molecule has 0 fully saturated rings.